The van der Waals surface area contributed by atoms with Crippen LogP contribution in [0, 0.1) is 0 Å². The second-order valence-electron chi connectivity index (χ2n) is 3.17. The van der Waals surface area contributed by atoms with Crippen molar-refractivity contribution in [1.29, 1.82) is 0 Å². The first-order chi connectivity index (χ1) is 6.86. The van der Waals surface area contributed by atoms with Crippen molar-refractivity contribution in [3.63, 3.8) is 0 Å². The Hall–Kier alpha value is -1.55. The fourth-order valence-electron chi connectivity index (χ4n) is 1.32. The zero-order valence-corrected chi connectivity index (χ0v) is 9.24. The van der Waals surface area contributed by atoms with Crippen molar-refractivity contribution in [2.45, 2.75) is 6.54 Å². The smallest absolute Gasteiger partial charge is 0.170 e. The van der Waals surface area contributed by atoms with Crippen LogP contribution in [0.25, 0.3) is 0 Å². The largest absolute Gasteiger partial charge is 0.353 e. The number of H-pyrrole nitrogens is 1. The van der Waals surface area contributed by atoms with Gasteiger partial charge in [0.2, 0.25) is 0 Å². The minimum Gasteiger partial charge on any atom is -0.353 e. The number of hydrogen-bond acceptors (Lipinski definition) is 3. The van der Waals surface area contributed by atoms with Gasteiger partial charge in [0.05, 0.1) is 6.20 Å². The monoisotopic (exact) mass is 224 g/mol. The van der Waals surface area contributed by atoms with Gasteiger partial charge in [-0.2, -0.15) is 0 Å². The Kier molecular flexibility index (Phi) is 4.12. The summed E-state index contributed by atoms with van der Waals surface area (Å²) in [5, 5.41) is 10.3. The van der Waals surface area contributed by atoms with Crippen LogP contribution in [0.5, 0.6) is 0 Å². The highest BCUT2D eigenvalue weighted by atomic mass is 35.5. The molecule has 0 radical (unpaired) electrons. The van der Waals surface area contributed by atoms with Crippen LogP contribution in [-0.2, 0) is 6.54 Å². The molecule has 0 saturated heterocycles. The molecule has 4 nitrogen and oxygen atoms in total. The van der Waals surface area contributed by atoms with E-state index in [0.717, 1.165) is 12.4 Å². The summed E-state index contributed by atoms with van der Waals surface area (Å²) in [6.45, 7) is 0.841. The standard InChI is InChI=1S/C10H12N4.ClH/c1-14(10-7-11-13-12-10)8-9-5-3-2-4-6-9;/h2-7H,8H2,1H3,(H,11,12,13);1H. The lowest BCUT2D eigenvalue weighted by atomic mass is 10.2. The molecular weight excluding hydrogens is 212 g/mol. The Labute approximate surface area is 94.7 Å². The van der Waals surface area contributed by atoms with Crippen LogP contribution in [0.2, 0.25) is 0 Å². The van der Waals surface area contributed by atoms with Crippen LogP contribution in [0.15, 0.2) is 36.5 Å². The predicted molar refractivity (Wildman–Crippen MR) is 62.2 cm³/mol. The van der Waals surface area contributed by atoms with E-state index >= 15 is 0 Å². The maximum atomic E-state index is 3.93. The molecule has 0 aliphatic heterocycles. The zero-order valence-electron chi connectivity index (χ0n) is 8.42. The molecular formula is C10H13ClN4. The molecule has 0 bridgehead atoms. The molecule has 5 heteroatoms. The maximum Gasteiger partial charge on any atom is 0.170 e. The molecule has 80 valence electrons. The molecule has 0 fully saturated rings. The van der Waals surface area contributed by atoms with Crippen LogP contribution in [-0.4, -0.2) is 22.5 Å². The van der Waals surface area contributed by atoms with Crippen molar-refractivity contribution < 1.29 is 0 Å². The highest BCUT2D eigenvalue weighted by Gasteiger charge is 2.03. The number of anilines is 1. The lowest BCUT2D eigenvalue weighted by Crippen LogP contribution is -2.16. The van der Waals surface area contributed by atoms with E-state index in [1.54, 1.807) is 6.20 Å². The first kappa shape index (κ1) is 11.5. The molecule has 2 rings (SSSR count). The Bertz CT molecular complexity index is 374. The molecule has 0 aliphatic rings. The fourth-order valence-corrected chi connectivity index (χ4v) is 1.32. The number of halogens is 1. The number of hydrogen-bond donors (Lipinski definition) is 1. The summed E-state index contributed by atoms with van der Waals surface area (Å²) in [6, 6.07) is 10.3. The SMILES string of the molecule is CN(Cc1ccccc1)c1c[nH]nn1.Cl. The highest BCUT2D eigenvalue weighted by molar-refractivity contribution is 5.85. The van der Waals surface area contributed by atoms with E-state index in [2.05, 4.69) is 27.5 Å². The van der Waals surface area contributed by atoms with Gasteiger partial charge >= 0.3 is 0 Å². The molecule has 2 aromatic rings. The van der Waals surface area contributed by atoms with Gasteiger partial charge in [-0.3, -0.25) is 5.10 Å². The molecule has 0 aliphatic carbocycles. The average Bonchev–Trinajstić information content (AvgIpc) is 2.72. The van der Waals surface area contributed by atoms with E-state index in [1.807, 2.05) is 30.1 Å². The second-order valence-corrected chi connectivity index (χ2v) is 3.17. The van der Waals surface area contributed by atoms with Crippen LogP contribution in [0.1, 0.15) is 5.56 Å². The summed E-state index contributed by atoms with van der Waals surface area (Å²) < 4.78 is 0. The Morgan fingerprint density at radius 2 is 2.00 bits per heavy atom. The molecule has 1 aromatic heterocycles. The average molecular weight is 225 g/mol. The van der Waals surface area contributed by atoms with Crippen molar-refractivity contribution in [2.24, 2.45) is 0 Å². The molecule has 0 atom stereocenters. The van der Waals surface area contributed by atoms with E-state index < -0.39 is 0 Å². The van der Waals surface area contributed by atoms with Gasteiger partial charge in [-0.25, -0.2) is 0 Å². The molecule has 0 saturated carbocycles. The lowest BCUT2D eigenvalue weighted by Gasteiger charge is -2.14. The number of nitrogens with zero attached hydrogens (tertiary/aromatic N) is 3. The molecule has 1 N–H and O–H groups in total. The topological polar surface area (TPSA) is 44.8 Å². The first-order valence-electron chi connectivity index (χ1n) is 4.48. The van der Waals surface area contributed by atoms with Gasteiger partial charge in [-0.05, 0) is 5.56 Å². The summed E-state index contributed by atoms with van der Waals surface area (Å²) in [6.07, 6.45) is 1.78. The van der Waals surface area contributed by atoms with Gasteiger partial charge in [0.15, 0.2) is 5.82 Å². The molecule has 15 heavy (non-hydrogen) atoms. The van der Waals surface area contributed by atoms with Crippen LogP contribution in [0.4, 0.5) is 5.82 Å². The van der Waals surface area contributed by atoms with Crippen molar-refractivity contribution in [3.05, 3.63) is 42.1 Å². The van der Waals surface area contributed by atoms with E-state index in [9.17, 15) is 0 Å². The van der Waals surface area contributed by atoms with Gasteiger partial charge in [0.1, 0.15) is 0 Å². The van der Waals surface area contributed by atoms with Crippen molar-refractivity contribution in [1.82, 2.24) is 15.4 Å². The lowest BCUT2D eigenvalue weighted by molar-refractivity contribution is 0.873. The highest BCUT2D eigenvalue weighted by Crippen LogP contribution is 2.09. The Morgan fingerprint density at radius 3 is 2.60 bits per heavy atom. The zero-order chi connectivity index (χ0) is 9.80. The third-order valence-corrected chi connectivity index (χ3v) is 2.06. The van der Waals surface area contributed by atoms with Gasteiger partial charge < -0.3 is 4.90 Å². The minimum absolute atomic E-state index is 0. The van der Waals surface area contributed by atoms with Gasteiger partial charge in [0, 0.05) is 13.6 Å². The summed E-state index contributed by atoms with van der Waals surface area (Å²) in [5.74, 6) is 0.855. The van der Waals surface area contributed by atoms with Crippen LogP contribution in [0.3, 0.4) is 0 Å². The molecule has 1 aromatic carbocycles. The fraction of sp³-hybridized carbons (Fsp3) is 0.200. The number of nitrogens with one attached hydrogen (secondary N) is 1. The number of aromatic amines is 1. The number of rotatable bonds is 3. The quantitative estimate of drug-likeness (QED) is 0.866. The van der Waals surface area contributed by atoms with Gasteiger partial charge in [-0.15, -0.1) is 17.5 Å². The maximum absolute atomic E-state index is 3.93. The normalized spacial score (nSPS) is 9.40. The first-order valence-corrected chi connectivity index (χ1v) is 4.48. The van der Waals surface area contributed by atoms with Crippen LogP contribution < -0.4 is 4.90 Å². The second kappa shape index (κ2) is 5.36. The van der Waals surface area contributed by atoms with Crippen molar-refractivity contribution in [3.8, 4) is 0 Å². The molecule has 0 spiro atoms. The van der Waals surface area contributed by atoms with E-state index in [4.69, 9.17) is 0 Å². The predicted octanol–water partition coefficient (Wildman–Crippen LogP) is 1.86. The van der Waals surface area contributed by atoms with Crippen LogP contribution >= 0.6 is 12.4 Å². The Balaban J connectivity index is 0.00000112. The van der Waals surface area contributed by atoms with E-state index in [-0.39, 0.29) is 12.4 Å². The Morgan fingerprint density at radius 1 is 1.27 bits per heavy atom. The van der Waals surface area contributed by atoms with Gasteiger partial charge in [-0.1, -0.05) is 35.5 Å². The van der Waals surface area contributed by atoms with Gasteiger partial charge in [0.25, 0.3) is 0 Å². The van der Waals surface area contributed by atoms with E-state index in [0.29, 0.717) is 0 Å². The minimum atomic E-state index is 0. The number of aromatic nitrogens is 3. The van der Waals surface area contributed by atoms with Crippen molar-refractivity contribution in [2.75, 3.05) is 11.9 Å². The molecule has 1 heterocycles. The molecule has 0 unspecified atom stereocenters. The summed E-state index contributed by atoms with van der Waals surface area (Å²) in [7, 11) is 1.99. The summed E-state index contributed by atoms with van der Waals surface area (Å²) >= 11 is 0. The molecule has 0 amide bonds. The summed E-state index contributed by atoms with van der Waals surface area (Å²) in [5.41, 5.74) is 1.26. The number of benzene rings is 1. The third-order valence-electron chi connectivity index (χ3n) is 2.06. The third kappa shape index (κ3) is 2.95. The summed E-state index contributed by atoms with van der Waals surface area (Å²) in [4.78, 5) is 2.04. The van der Waals surface area contributed by atoms with Crippen molar-refractivity contribution >= 4 is 18.2 Å². The van der Waals surface area contributed by atoms with E-state index in [1.165, 1.54) is 5.56 Å².